The Morgan fingerprint density at radius 1 is 1.20 bits per heavy atom. The summed E-state index contributed by atoms with van der Waals surface area (Å²) in [6.45, 7) is 1.11. The predicted octanol–water partition coefficient (Wildman–Crippen LogP) is 0.471. The second kappa shape index (κ2) is 2.78. The van der Waals surface area contributed by atoms with Crippen molar-refractivity contribution in [3.8, 4) is 0 Å². The minimum atomic E-state index is 0. The van der Waals surface area contributed by atoms with Crippen LogP contribution in [-0.4, -0.2) is 15.0 Å². The topological polar surface area (TPSA) is 12.0 Å². The van der Waals surface area contributed by atoms with Crippen LogP contribution in [0.4, 0.5) is 5.69 Å². The van der Waals surface area contributed by atoms with E-state index in [4.69, 9.17) is 0 Å². The van der Waals surface area contributed by atoms with Gasteiger partial charge in [0.25, 0.3) is 0 Å². The van der Waals surface area contributed by atoms with Gasteiger partial charge in [-0.15, -0.1) is 0 Å². The van der Waals surface area contributed by atoms with Crippen molar-refractivity contribution < 1.29 is 0 Å². The standard InChI is InChI=1S/C8H9N.BH3/c1-2-4-8-7(3-1)5-6-9-8;/h1-4,9H,5-6H2;1H3. The number of hydrogen-bond donors (Lipinski definition) is 1. The van der Waals surface area contributed by atoms with Gasteiger partial charge in [0, 0.05) is 12.2 Å². The molecule has 10 heavy (non-hydrogen) atoms. The highest BCUT2D eigenvalue weighted by atomic mass is 14.9. The molecule has 0 aromatic heterocycles. The summed E-state index contributed by atoms with van der Waals surface area (Å²) >= 11 is 0. The van der Waals surface area contributed by atoms with Crippen LogP contribution in [0.15, 0.2) is 24.3 Å². The second-order valence-corrected chi connectivity index (χ2v) is 2.33. The van der Waals surface area contributed by atoms with Crippen LogP contribution < -0.4 is 5.32 Å². The lowest BCUT2D eigenvalue weighted by Crippen LogP contribution is -1.90. The zero-order valence-electron chi connectivity index (χ0n) is 5.22. The first-order valence-electron chi connectivity index (χ1n) is 3.28. The summed E-state index contributed by atoms with van der Waals surface area (Å²) < 4.78 is 0. The van der Waals surface area contributed by atoms with Crippen molar-refractivity contribution in [2.75, 3.05) is 11.9 Å². The molecule has 1 aromatic carbocycles. The van der Waals surface area contributed by atoms with Crippen LogP contribution in [0.5, 0.6) is 0 Å². The molecule has 0 saturated heterocycles. The Morgan fingerprint density at radius 2 is 2.00 bits per heavy atom. The van der Waals surface area contributed by atoms with E-state index in [9.17, 15) is 0 Å². The third-order valence-corrected chi connectivity index (χ3v) is 1.73. The van der Waals surface area contributed by atoms with Crippen molar-refractivity contribution in [3.05, 3.63) is 29.8 Å². The molecule has 0 spiro atoms. The quantitative estimate of drug-likeness (QED) is 0.507. The molecule has 2 rings (SSSR count). The molecule has 0 saturated carbocycles. The lowest BCUT2D eigenvalue weighted by molar-refractivity contribution is 1.11. The van der Waals surface area contributed by atoms with Crippen molar-refractivity contribution in [2.45, 2.75) is 6.42 Å². The predicted molar refractivity (Wildman–Crippen MR) is 48.6 cm³/mol. The van der Waals surface area contributed by atoms with Gasteiger partial charge in [-0.05, 0) is 18.1 Å². The van der Waals surface area contributed by atoms with Crippen LogP contribution in [0.3, 0.4) is 0 Å². The molecule has 1 N–H and O–H groups in total. The number of benzene rings is 1. The molecule has 0 bridgehead atoms. The average molecular weight is 133 g/mol. The van der Waals surface area contributed by atoms with Gasteiger partial charge in [0.1, 0.15) is 0 Å². The largest absolute Gasteiger partial charge is 0.384 e. The number of fused-ring (bicyclic) bond motifs is 1. The van der Waals surface area contributed by atoms with Crippen LogP contribution in [0.2, 0.25) is 0 Å². The van der Waals surface area contributed by atoms with Crippen molar-refractivity contribution in [1.82, 2.24) is 0 Å². The van der Waals surface area contributed by atoms with Crippen molar-refractivity contribution in [3.63, 3.8) is 0 Å². The Morgan fingerprint density at radius 3 is 2.80 bits per heavy atom. The first-order chi connectivity index (χ1) is 4.47. The van der Waals surface area contributed by atoms with Gasteiger partial charge in [0.05, 0.1) is 8.41 Å². The Bertz CT molecular complexity index is 199. The normalized spacial score (nSPS) is 13.2. The molecule has 1 aromatic rings. The fraction of sp³-hybridized carbons (Fsp3) is 0.250. The van der Waals surface area contributed by atoms with E-state index in [2.05, 4.69) is 29.6 Å². The minimum Gasteiger partial charge on any atom is -0.384 e. The number of nitrogens with one attached hydrogen (secondary N) is 1. The summed E-state index contributed by atoms with van der Waals surface area (Å²) in [6.07, 6.45) is 1.19. The Labute approximate surface area is 63.0 Å². The summed E-state index contributed by atoms with van der Waals surface area (Å²) in [5.74, 6) is 0. The molecular formula is C8H12BN. The van der Waals surface area contributed by atoms with Crippen molar-refractivity contribution >= 4 is 14.1 Å². The molecule has 2 heteroatoms. The maximum absolute atomic E-state index is 3.30. The van der Waals surface area contributed by atoms with Crippen LogP contribution in [0, 0.1) is 0 Å². The SMILES string of the molecule is B.c1ccc2c(c1)CCN2. The molecule has 52 valence electrons. The summed E-state index contributed by atoms with van der Waals surface area (Å²) in [4.78, 5) is 0. The van der Waals surface area contributed by atoms with E-state index in [-0.39, 0.29) is 8.41 Å². The zero-order valence-corrected chi connectivity index (χ0v) is 5.22. The summed E-state index contributed by atoms with van der Waals surface area (Å²) in [6, 6.07) is 8.46. The summed E-state index contributed by atoms with van der Waals surface area (Å²) in [5, 5.41) is 3.30. The summed E-state index contributed by atoms with van der Waals surface area (Å²) in [5.41, 5.74) is 2.77. The molecule has 0 unspecified atom stereocenters. The smallest absolute Gasteiger partial charge is 0.0814 e. The number of rotatable bonds is 0. The number of para-hydroxylation sites is 1. The van der Waals surface area contributed by atoms with Gasteiger partial charge in [-0.2, -0.15) is 0 Å². The molecule has 1 nitrogen and oxygen atoms in total. The Balaban J connectivity index is 0.000000500. The van der Waals surface area contributed by atoms with E-state index < -0.39 is 0 Å². The zero-order chi connectivity index (χ0) is 6.10. The van der Waals surface area contributed by atoms with E-state index >= 15 is 0 Å². The number of hydrogen-bond acceptors (Lipinski definition) is 1. The van der Waals surface area contributed by atoms with E-state index in [1.807, 2.05) is 0 Å². The van der Waals surface area contributed by atoms with Gasteiger partial charge in [-0.25, -0.2) is 0 Å². The molecule has 1 heterocycles. The number of anilines is 1. The van der Waals surface area contributed by atoms with Crippen LogP contribution in [0.25, 0.3) is 0 Å². The second-order valence-electron chi connectivity index (χ2n) is 2.33. The highest BCUT2D eigenvalue weighted by Gasteiger charge is 2.05. The highest BCUT2D eigenvalue weighted by molar-refractivity contribution is 5.75. The van der Waals surface area contributed by atoms with Gasteiger partial charge in [-0.3, -0.25) is 0 Å². The van der Waals surface area contributed by atoms with Crippen molar-refractivity contribution in [2.24, 2.45) is 0 Å². The van der Waals surface area contributed by atoms with Gasteiger partial charge < -0.3 is 5.32 Å². The van der Waals surface area contributed by atoms with Gasteiger partial charge in [0.2, 0.25) is 0 Å². The molecule has 0 aliphatic carbocycles. The third-order valence-electron chi connectivity index (χ3n) is 1.73. The fourth-order valence-electron chi connectivity index (χ4n) is 1.24. The Kier molecular flexibility index (Phi) is 2.00. The van der Waals surface area contributed by atoms with E-state index in [1.165, 1.54) is 17.7 Å². The molecule has 0 atom stereocenters. The molecule has 1 aliphatic heterocycles. The van der Waals surface area contributed by atoms with Crippen molar-refractivity contribution in [1.29, 1.82) is 0 Å². The van der Waals surface area contributed by atoms with E-state index in [1.54, 1.807) is 0 Å². The lowest BCUT2D eigenvalue weighted by atomic mass is 10.2. The van der Waals surface area contributed by atoms with Gasteiger partial charge in [0.15, 0.2) is 0 Å². The van der Waals surface area contributed by atoms with E-state index in [0.717, 1.165) is 6.54 Å². The lowest BCUT2D eigenvalue weighted by Gasteiger charge is -1.94. The van der Waals surface area contributed by atoms with Gasteiger partial charge in [-0.1, -0.05) is 18.2 Å². The maximum Gasteiger partial charge on any atom is 0.0814 e. The molecule has 0 radical (unpaired) electrons. The highest BCUT2D eigenvalue weighted by Crippen LogP contribution is 2.19. The monoisotopic (exact) mass is 133 g/mol. The van der Waals surface area contributed by atoms with E-state index in [0.29, 0.717) is 0 Å². The van der Waals surface area contributed by atoms with Crippen LogP contribution in [0.1, 0.15) is 5.56 Å². The maximum atomic E-state index is 3.30. The molecule has 0 amide bonds. The average Bonchev–Trinajstić information content (AvgIpc) is 2.33. The van der Waals surface area contributed by atoms with Crippen LogP contribution >= 0.6 is 0 Å². The first kappa shape index (κ1) is 7.20. The molecule has 0 fully saturated rings. The van der Waals surface area contributed by atoms with Crippen LogP contribution in [-0.2, 0) is 6.42 Å². The summed E-state index contributed by atoms with van der Waals surface area (Å²) in [7, 11) is 0. The third kappa shape index (κ3) is 1.01. The Hall–Kier alpha value is -0.915. The molecular weight excluding hydrogens is 121 g/mol. The van der Waals surface area contributed by atoms with Gasteiger partial charge >= 0.3 is 0 Å². The minimum absolute atomic E-state index is 0. The molecule has 1 aliphatic rings. The first-order valence-corrected chi connectivity index (χ1v) is 3.28. The fourth-order valence-corrected chi connectivity index (χ4v) is 1.24.